The minimum atomic E-state index is 0.229. The van der Waals surface area contributed by atoms with E-state index in [1.807, 2.05) is 42.8 Å². The maximum Gasteiger partial charge on any atom is 0.137 e. The molecule has 0 fully saturated rings. The van der Waals surface area contributed by atoms with Crippen molar-refractivity contribution >= 4 is 29.3 Å². The van der Waals surface area contributed by atoms with Crippen molar-refractivity contribution in [2.24, 2.45) is 5.92 Å². The highest BCUT2D eigenvalue weighted by Crippen LogP contribution is 2.24. The second-order valence-electron chi connectivity index (χ2n) is 4.25. The van der Waals surface area contributed by atoms with Crippen LogP contribution in [0.1, 0.15) is 24.5 Å². The first-order valence-electron chi connectivity index (χ1n) is 5.90. The monoisotopic (exact) mass is 267 g/mol. The number of fused-ring (bicyclic) bond motifs is 2. The summed E-state index contributed by atoms with van der Waals surface area (Å²) in [5.74, 6) is 4.48. The highest BCUT2D eigenvalue weighted by Gasteiger charge is 2.17. The number of Topliss-reactive ketones (excluding diaryl/α,β-unsaturated/α-hetero) is 1. The first kappa shape index (κ1) is 13.0. The van der Waals surface area contributed by atoms with Gasteiger partial charge >= 0.3 is 0 Å². The van der Waals surface area contributed by atoms with Crippen molar-refractivity contribution in [3.8, 4) is 0 Å². The van der Waals surface area contributed by atoms with Crippen LogP contribution in [0.2, 0.25) is 0 Å². The third kappa shape index (κ3) is 3.75. The zero-order valence-electron chi connectivity index (χ0n) is 10.0. The summed E-state index contributed by atoms with van der Waals surface area (Å²) in [6.07, 6.45) is 4.53. The summed E-state index contributed by atoms with van der Waals surface area (Å²) in [4.78, 5) is 16.1. The van der Waals surface area contributed by atoms with Crippen LogP contribution in [0.4, 0.5) is 0 Å². The van der Waals surface area contributed by atoms with Gasteiger partial charge in [0.05, 0.1) is 0 Å². The molecule has 1 aliphatic rings. The van der Waals surface area contributed by atoms with Gasteiger partial charge in [0.25, 0.3) is 0 Å². The zero-order valence-corrected chi connectivity index (χ0v) is 11.6. The average molecular weight is 267 g/mol. The van der Waals surface area contributed by atoms with Crippen molar-refractivity contribution < 1.29 is 4.79 Å². The Morgan fingerprint density at radius 2 is 1.88 bits per heavy atom. The van der Waals surface area contributed by atoms with E-state index in [0.29, 0.717) is 12.2 Å². The van der Waals surface area contributed by atoms with Gasteiger partial charge in [0.15, 0.2) is 0 Å². The van der Waals surface area contributed by atoms with Gasteiger partial charge in [-0.25, -0.2) is 0 Å². The topological polar surface area (TPSA) is 30.0 Å². The molecule has 17 heavy (non-hydrogen) atoms. The van der Waals surface area contributed by atoms with Gasteiger partial charge in [-0.2, -0.15) is 23.5 Å². The van der Waals surface area contributed by atoms with Gasteiger partial charge in [0, 0.05) is 47.7 Å². The van der Waals surface area contributed by atoms with E-state index >= 15 is 0 Å². The second kappa shape index (κ2) is 6.45. The maximum atomic E-state index is 11.8. The van der Waals surface area contributed by atoms with Crippen LogP contribution in [0.15, 0.2) is 18.5 Å². The van der Waals surface area contributed by atoms with Gasteiger partial charge in [0.1, 0.15) is 5.78 Å². The third-order valence-corrected chi connectivity index (χ3v) is 5.18. The van der Waals surface area contributed by atoms with E-state index in [1.165, 1.54) is 11.1 Å². The molecular weight excluding hydrogens is 250 g/mol. The number of ketones is 1. The van der Waals surface area contributed by atoms with Crippen LogP contribution in [0.3, 0.4) is 0 Å². The quantitative estimate of drug-likeness (QED) is 0.823. The smallest absolute Gasteiger partial charge is 0.137 e. The fourth-order valence-corrected chi connectivity index (χ4v) is 4.21. The number of carbonyl (C=O) groups excluding carboxylic acids is 1. The summed E-state index contributed by atoms with van der Waals surface area (Å²) < 4.78 is 0. The van der Waals surface area contributed by atoms with Gasteiger partial charge in [-0.1, -0.05) is 13.0 Å². The van der Waals surface area contributed by atoms with Crippen molar-refractivity contribution in [3.05, 3.63) is 29.6 Å². The van der Waals surface area contributed by atoms with Gasteiger partial charge in [0.2, 0.25) is 0 Å². The lowest BCUT2D eigenvalue weighted by Gasteiger charge is -2.16. The molecule has 0 saturated carbocycles. The average Bonchev–Trinajstić information content (AvgIpc) is 2.36. The fourth-order valence-electron chi connectivity index (χ4n) is 1.86. The minimum absolute atomic E-state index is 0.229. The minimum Gasteiger partial charge on any atom is -0.299 e. The number of hydrogen-bond donors (Lipinski definition) is 0. The summed E-state index contributed by atoms with van der Waals surface area (Å²) >= 11 is 3.70. The predicted octanol–water partition coefficient (Wildman–Crippen LogP) is 3.16. The Bertz CT molecular complexity index is 370. The molecule has 1 aliphatic heterocycles. The number of thioether (sulfide) groups is 2. The summed E-state index contributed by atoms with van der Waals surface area (Å²) in [6, 6.07) is 2.23. The second-order valence-corrected chi connectivity index (χ2v) is 6.31. The van der Waals surface area contributed by atoms with Gasteiger partial charge in [-0.05, 0) is 11.1 Å². The number of aromatic nitrogens is 1. The Kier molecular flexibility index (Phi) is 4.92. The van der Waals surface area contributed by atoms with Crippen molar-refractivity contribution in [1.82, 2.24) is 4.98 Å². The van der Waals surface area contributed by atoms with Crippen LogP contribution < -0.4 is 0 Å². The number of hydrogen-bond acceptors (Lipinski definition) is 4. The van der Waals surface area contributed by atoms with E-state index in [9.17, 15) is 4.79 Å². The molecule has 2 nitrogen and oxygen atoms in total. The van der Waals surface area contributed by atoms with Crippen LogP contribution in [0.5, 0.6) is 0 Å². The lowest BCUT2D eigenvalue weighted by atomic mass is 10.1. The fraction of sp³-hybridized carbons (Fsp3) is 0.538. The highest BCUT2D eigenvalue weighted by atomic mass is 32.2. The maximum absolute atomic E-state index is 11.8. The summed E-state index contributed by atoms with van der Waals surface area (Å²) in [7, 11) is 0. The van der Waals surface area contributed by atoms with E-state index in [2.05, 4.69) is 11.1 Å². The van der Waals surface area contributed by atoms with Crippen LogP contribution in [0.25, 0.3) is 0 Å². The van der Waals surface area contributed by atoms with Crippen LogP contribution in [0, 0.1) is 5.92 Å². The van der Waals surface area contributed by atoms with Gasteiger partial charge < -0.3 is 0 Å². The molecule has 2 rings (SSSR count). The van der Waals surface area contributed by atoms with E-state index in [0.717, 1.165) is 23.0 Å². The Balaban J connectivity index is 2.05. The molecule has 0 radical (unpaired) electrons. The van der Waals surface area contributed by atoms with E-state index in [4.69, 9.17) is 0 Å². The number of nitrogens with zero attached hydrogens (tertiary/aromatic N) is 1. The zero-order chi connectivity index (χ0) is 12.1. The molecule has 0 unspecified atom stereocenters. The number of pyridine rings is 1. The van der Waals surface area contributed by atoms with Crippen molar-refractivity contribution in [1.29, 1.82) is 0 Å². The highest BCUT2D eigenvalue weighted by molar-refractivity contribution is 7.99. The van der Waals surface area contributed by atoms with E-state index < -0.39 is 0 Å². The first-order valence-corrected chi connectivity index (χ1v) is 8.21. The molecule has 0 saturated heterocycles. The molecule has 0 aliphatic carbocycles. The molecule has 0 amide bonds. The Morgan fingerprint density at radius 1 is 1.29 bits per heavy atom. The molecule has 1 aromatic rings. The van der Waals surface area contributed by atoms with Crippen LogP contribution in [-0.4, -0.2) is 22.3 Å². The molecule has 92 valence electrons. The number of rotatable bonds is 2. The van der Waals surface area contributed by atoms with Crippen LogP contribution in [-0.2, 0) is 16.3 Å². The molecule has 2 heterocycles. The SMILES string of the molecule is CCC(=O)C1CSCc2cncc(c2)CSC1. The normalized spacial score (nSPS) is 17.7. The summed E-state index contributed by atoms with van der Waals surface area (Å²) in [5.41, 5.74) is 2.55. The summed E-state index contributed by atoms with van der Waals surface area (Å²) in [5, 5.41) is 0. The molecule has 2 bridgehead atoms. The molecule has 1 aromatic heterocycles. The molecule has 0 spiro atoms. The Hall–Kier alpha value is -0.480. The molecular formula is C13H17NOS2. The van der Waals surface area contributed by atoms with E-state index in [-0.39, 0.29) is 5.92 Å². The number of carbonyl (C=O) groups is 1. The molecule has 4 heteroatoms. The molecule has 0 aromatic carbocycles. The van der Waals surface area contributed by atoms with Crippen LogP contribution >= 0.6 is 23.5 Å². The molecule has 0 atom stereocenters. The summed E-state index contributed by atoms with van der Waals surface area (Å²) in [6.45, 7) is 1.96. The lowest BCUT2D eigenvalue weighted by Crippen LogP contribution is -2.19. The Morgan fingerprint density at radius 3 is 2.41 bits per heavy atom. The largest absolute Gasteiger partial charge is 0.299 e. The van der Waals surface area contributed by atoms with Gasteiger partial charge in [-0.3, -0.25) is 9.78 Å². The molecule has 0 N–H and O–H groups in total. The lowest BCUT2D eigenvalue weighted by molar-refractivity contribution is -0.121. The first-order chi connectivity index (χ1) is 8.29. The van der Waals surface area contributed by atoms with Crippen molar-refractivity contribution in [3.63, 3.8) is 0 Å². The van der Waals surface area contributed by atoms with E-state index in [1.54, 1.807) is 0 Å². The standard InChI is InChI=1S/C13H17NOS2/c1-2-13(15)12-8-16-6-10-3-11(5-14-4-10)7-17-9-12/h3-5,12H,2,6-9H2,1H3. The van der Waals surface area contributed by atoms with Crippen molar-refractivity contribution in [2.45, 2.75) is 24.9 Å². The third-order valence-electron chi connectivity index (χ3n) is 2.83. The Labute approximate surface area is 111 Å². The van der Waals surface area contributed by atoms with Crippen molar-refractivity contribution in [2.75, 3.05) is 11.5 Å². The van der Waals surface area contributed by atoms with Gasteiger partial charge in [-0.15, -0.1) is 0 Å². The predicted molar refractivity (Wildman–Crippen MR) is 75.3 cm³/mol.